The Kier molecular flexibility index (Phi) is 4.55. The first-order chi connectivity index (χ1) is 7.40. The van der Waals surface area contributed by atoms with Crippen LogP contribution >= 0.6 is 31.9 Å². The van der Waals surface area contributed by atoms with Crippen LogP contribution in [0, 0.1) is 30.2 Å². The lowest BCUT2D eigenvalue weighted by Crippen LogP contribution is -2.06. The van der Waals surface area contributed by atoms with E-state index in [1.54, 1.807) is 0 Å². The summed E-state index contributed by atoms with van der Waals surface area (Å²) in [6.45, 7) is 2.92. The van der Waals surface area contributed by atoms with Gasteiger partial charge >= 0.3 is 0 Å². The highest BCUT2D eigenvalue weighted by molar-refractivity contribution is 9.14. The molecular weight excluding hydrogens is 356 g/mol. The van der Waals surface area contributed by atoms with E-state index in [9.17, 15) is 17.6 Å². The second-order valence-electron chi connectivity index (χ2n) is 2.95. The maximum atomic E-state index is 13.3. The molecule has 0 aliphatic rings. The minimum Gasteiger partial charge on any atom is -0.203 e. The molecule has 87 valence electrons. The topological polar surface area (TPSA) is 0 Å². The zero-order chi connectivity index (χ0) is 12.5. The summed E-state index contributed by atoms with van der Waals surface area (Å²) in [5, 5.41) is 0. The Morgan fingerprint density at radius 3 is 1.88 bits per heavy atom. The largest absolute Gasteiger partial charge is 0.203 e. The van der Waals surface area contributed by atoms with E-state index >= 15 is 0 Å². The third kappa shape index (κ3) is 2.48. The van der Waals surface area contributed by atoms with Gasteiger partial charge in [-0.25, -0.2) is 17.6 Å². The third-order valence-corrected chi connectivity index (χ3v) is 3.59. The molecule has 0 N–H and O–H groups in total. The first-order valence-electron chi connectivity index (χ1n) is 4.01. The van der Waals surface area contributed by atoms with E-state index in [0.29, 0.717) is 4.48 Å². The van der Waals surface area contributed by atoms with Crippen molar-refractivity contribution >= 4 is 31.9 Å². The molecule has 0 saturated carbocycles. The molecule has 0 bridgehead atoms. The van der Waals surface area contributed by atoms with Crippen LogP contribution in [0.25, 0.3) is 0 Å². The molecule has 0 atom stereocenters. The minimum absolute atomic E-state index is 0.295. The number of hydrogen-bond donors (Lipinski definition) is 0. The molecule has 0 aliphatic carbocycles. The Bertz CT molecular complexity index is 426. The molecule has 6 heteroatoms. The molecule has 0 spiro atoms. The van der Waals surface area contributed by atoms with Crippen LogP contribution in [0.15, 0.2) is 9.47 Å². The summed E-state index contributed by atoms with van der Waals surface area (Å²) in [4.78, 5) is 1.35. The summed E-state index contributed by atoms with van der Waals surface area (Å²) in [7, 11) is 0. The number of rotatable bonds is 2. The fourth-order valence-electron chi connectivity index (χ4n) is 1.09. The van der Waals surface area contributed by atoms with Gasteiger partial charge < -0.3 is 0 Å². The van der Waals surface area contributed by atoms with Crippen molar-refractivity contribution in [1.82, 2.24) is 0 Å². The predicted molar refractivity (Wildman–Crippen MR) is 60.4 cm³/mol. The second kappa shape index (κ2) is 5.31. The zero-order valence-corrected chi connectivity index (χ0v) is 10.9. The lowest BCUT2D eigenvalue weighted by Gasteiger charge is -2.08. The Hall–Kier alpha value is -0.360. The quantitative estimate of drug-likeness (QED) is 0.534. The molecule has 1 aromatic carbocycles. The van der Waals surface area contributed by atoms with Crippen molar-refractivity contribution in [3.05, 3.63) is 50.8 Å². The van der Waals surface area contributed by atoms with Crippen molar-refractivity contribution in [1.29, 1.82) is 0 Å². The molecule has 1 rings (SSSR count). The maximum Gasteiger partial charge on any atom is 0.165 e. The van der Waals surface area contributed by atoms with Gasteiger partial charge in [-0.15, -0.1) is 0 Å². The van der Waals surface area contributed by atoms with E-state index in [2.05, 4.69) is 38.8 Å². The van der Waals surface area contributed by atoms with E-state index in [4.69, 9.17) is 0 Å². The molecule has 0 heterocycles. The van der Waals surface area contributed by atoms with Crippen LogP contribution in [0.1, 0.15) is 11.1 Å². The lowest BCUT2D eigenvalue weighted by molar-refractivity contribution is 0.437. The van der Waals surface area contributed by atoms with E-state index in [0.717, 1.165) is 0 Å². The highest BCUT2D eigenvalue weighted by Gasteiger charge is 2.22. The lowest BCUT2D eigenvalue weighted by atomic mass is 10.1. The highest BCUT2D eigenvalue weighted by Crippen LogP contribution is 2.27. The molecule has 0 aromatic heterocycles. The van der Waals surface area contributed by atoms with E-state index in [1.807, 2.05) is 0 Å². The van der Waals surface area contributed by atoms with Crippen molar-refractivity contribution in [3.8, 4) is 0 Å². The van der Waals surface area contributed by atoms with Crippen molar-refractivity contribution in [2.75, 3.05) is 0 Å². The van der Waals surface area contributed by atoms with Crippen LogP contribution in [-0.2, 0) is 6.42 Å². The van der Waals surface area contributed by atoms with Gasteiger partial charge in [0.1, 0.15) is 0 Å². The van der Waals surface area contributed by atoms with Gasteiger partial charge in [0.15, 0.2) is 23.3 Å². The smallest absolute Gasteiger partial charge is 0.165 e. The van der Waals surface area contributed by atoms with Gasteiger partial charge in [-0.3, -0.25) is 0 Å². The van der Waals surface area contributed by atoms with Crippen LogP contribution in [0.2, 0.25) is 0 Å². The first-order valence-corrected chi connectivity index (χ1v) is 5.72. The minimum atomic E-state index is -1.47. The van der Waals surface area contributed by atoms with Crippen LogP contribution in [0.3, 0.4) is 0 Å². The van der Waals surface area contributed by atoms with Gasteiger partial charge in [0.2, 0.25) is 0 Å². The Balaban J connectivity index is 3.40. The first kappa shape index (κ1) is 13.7. The summed E-state index contributed by atoms with van der Waals surface area (Å²) in [6.07, 6.45) is -0.295. The van der Waals surface area contributed by atoms with Gasteiger partial charge in [0.25, 0.3) is 0 Å². The zero-order valence-electron chi connectivity index (χ0n) is 7.76. The molecular formula is C10H5Br2F4. The van der Waals surface area contributed by atoms with E-state index in [-0.39, 0.29) is 6.42 Å². The molecule has 0 saturated heterocycles. The van der Waals surface area contributed by atoms with Gasteiger partial charge in [-0.05, 0) is 11.9 Å². The maximum absolute atomic E-state index is 13.3. The summed E-state index contributed by atoms with van der Waals surface area (Å²) in [5.41, 5.74) is -1.58. The van der Waals surface area contributed by atoms with Crippen LogP contribution in [-0.4, -0.2) is 0 Å². The van der Waals surface area contributed by atoms with Crippen molar-refractivity contribution < 1.29 is 17.6 Å². The Labute approximate surface area is 107 Å². The van der Waals surface area contributed by atoms with Gasteiger partial charge in [-0.2, -0.15) is 0 Å². The van der Waals surface area contributed by atoms with E-state index < -0.39 is 34.4 Å². The highest BCUT2D eigenvalue weighted by atomic mass is 79.9. The number of allylic oxidation sites excluding steroid dienone is 1. The summed E-state index contributed by atoms with van der Waals surface area (Å²) < 4.78 is 53.2. The molecule has 1 aromatic rings. The predicted octanol–water partition coefficient (Wildman–Crippen LogP) is 4.60. The molecule has 1 radical (unpaired) electrons. The van der Waals surface area contributed by atoms with Crippen molar-refractivity contribution in [2.45, 2.75) is 6.42 Å². The second-order valence-corrected chi connectivity index (χ2v) is 4.42. The Morgan fingerprint density at radius 1 is 1.06 bits per heavy atom. The summed E-state index contributed by atoms with van der Waals surface area (Å²) in [5.74, 6) is -5.78. The molecule has 0 fully saturated rings. The molecule has 0 nitrogen and oxygen atoms in total. The summed E-state index contributed by atoms with van der Waals surface area (Å²) in [6, 6.07) is 0. The SMILES string of the molecule is [CH2]c1c(F)c(F)c(C/C(Br)=C/Br)c(F)c1F. The molecule has 0 aliphatic heterocycles. The van der Waals surface area contributed by atoms with E-state index in [1.165, 1.54) is 4.99 Å². The normalized spacial score (nSPS) is 12.1. The third-order valence-electron chi connectivity index (χ3n) is 1.91. The summed E-state index contributed by atoms with van der Waals surface area (Å²) >= 11 is 5.89. The van der Waals surface area contributed by atoms with Crippen molar-refractivity contribution in [2.24, 2.45) is 0 Å². The molecule has 16 heavy (non-hydrogen) atoms. The average molecular weight is 361 g/mol. The monoisotopic (exact) mass is 359 g/mol. The average Bonchev–Trinajstić information content (AvgIpc) is 2.29. The standard InChI is InChI=1S/C10H5Br2F4/c1-4-7(13)9(15)6(2-5(12)3-11)10(16)8(4)14/h3H,1-2H2/b5-3-. The number of halogens is 6. The van der Waals surface area contributed by atoms with Crippen LogP contribution in [0.5, 0.6) is 0 Å². The Morgan fingerprint density at radius 2 is 1.50 bits per heavy atom. The molecule has 0 amide bonds. The fraction of sp³-hybridized carbons (Fsp3) is 0.100. The number of benzene rings is 1. The van der Waals surface area contributed by atoms with Crippen LogP contribution in [0.4, 0.5) is 17.6 Å². The van der Waals surface area contributed by atoms with Gasteiger partial charge in [-0.1, -0.05) is 31.9 Å². The molecule has 0 unspecified atom stereocenters. The van der Waals surface area contributed by atoms with Crippen molar-refractivity contribution in [3.63, 3.8) is 0 Å². The number of hydrogen-bond acceptors (Lipinski definition) is 0. The van der Waals surface area contributed by atoms with Gasteiger partial charge in [0, 0.05) is 22.0 Å². The fourth-order valence-corrected chi connectivity index (χ4v) is 1.53. The van der Waals surface area contributed by atoms with Gasteiger partial charge in [0.05, 0.1) is 0 Å². The van der Waals surface area contributed by atoms with Crippen LogP contribution < -0.4 is 0 Å².